The fraction of sp³-hybridized carbons (Fsp3) is 0.435. The van der Waals surface area contributed by atoms with Gasteiger partial charge in [0.15, 0.2) is 0 Å². The molecule has 0 saturated heterocycles. The third-order valence-electron chi connectivity index (χ3n) is 5.60. The van der Waals surface area contributed by atoms with Crippen LogP contribution in [0.1, 0.15) is 32.3 Å². The van der Waals surface area contributed by atoms with Crippen molar-refractivity contribution in [1.82, 2.24) is 14.6 Å². The molecule has 3 aromatic rings. The summed E-state index contributed by atoms with van der Waals surface area (Å²) in [6.07, 6.45) is 5.61. The van der Waals surface area contributed by atoms with Crippen LogP contribution >= 0.6 is 0 Å². The number of halogens is 1. The zero-order valence-corrected chi connectivity index (χ0v) is 19.6. The molecule has 6 nitrogen and oxygen atoms in total. The summed E-state index contributed by atoms with van der Waals surface area (Å²) in [4.78, 5) is 3.75. The van der Waals surface area contributed by atoms with E-state index in [2.05, 4.69) is 42.7 Å². The molecule has 3 rings (SSSR count). The van der Waals surface area contributed by atoms with Crippen molar-refractivity contribution in [1.29, 1.82) is 5.26 Å². The Kier molecular flexibility index (Phi) is 6.77. The first-order valence-electron chi connectivity index (χ1n) is 10.5. The zero-order valence-electron chi connectivity index (χ0n) is 18.6. The summed E-state index contributed by atoms with van der Waals surface area (Å²) in [5.74, 6) is -0.0439. The lowest BCUT2D eigenvalue weighted by Crippen LogP contribution is -2.44. The standard InChI is InChI=1S/C23H29FN4O2Si/c1-6-7-20(31(3,4)5)23(15(2)29)30-18-10-19(16-8-9-21(24)26-12-16)22-17(11-25)13-27-28(22)14-18/h8-10,12-15,20,23,29H,6-7H2,1-5H3. The molecule has 0 spiro atoms. The van der Waals surface area contributed by atoms with Gasteiger partial charge >= 0.3 is 0 Å². The molecule has 8 heteroatoms. The number of nitrogens with zero attached hydrogens (tertiary/aromatic N) is 4. The summed E-state index contributed by atoms with van der Waals surface area (Å²) in [5.41, 5.74) is 2.59. The van der Waals surface area contributed by atoms with Crippen LogP contribution in [-0.2, 0) is 0 Å². The molecule has 0 aliphatic rings. The molecule has 0 saturated carbocycles. The lowest BCUT2D eigenvalue weighted by molar-refractivity contribution is 0.0405. The van der Waals surface area contributed by atoms with E-state index in [0.29, 0.717) is 28.0 Å². The van der Waals surface area contributed by atoms with Crippen LogP contribution in [-0.4, -0.2) is 40.0 Å². The highest BCUT2D eigenvalue weighted by molar-refractivity contribution is 6.77. The first-order valence-corrected chi connectivity index (χ1v) is 14.1. The van der Waals surface area contributed by atoms with Crippen molar-refractivity contribution in [2.45, 2.75) is 64.1 Å². The molecular formula is C23H29FN4O2Si. The number of ether oxygens (including phenoxy) is 1. The van der Waals surface area contributed by atoms with Crippen LogP contribution in [0.4, 0.5) is 4.39 Å². The predicted octanol–water partition coefficient (Wildman–Crippen LogP) is 5.04. The lowest BCUT2D eigenvalue weighted by atomic mass is 10.0. The van der Waals surface area contributed by atoms with Crippen LogP contribution in [0.2, 0.25) is 25.2 Å². The highest BCUT2D eigenvalue weighted by Crippen LogP contribution is 2.36. The normalized spacial score (nSPS) is 14.8. The lowest BCUT2D eigenvalue weighted by Gasteiger charge is -2.37. The maximum absolute atomic E-state index is 13.4. The van der Waals surface area contributed by atoms with Crippen molar-refractivity contribution >= 4 is 13.6 Å². The minimum atomic E-state index is -1.63. The number of fused-ring (bicyclic) bond motifs is 1. The van der Waals surface area contributed by atoms with Gasteiger partial charge in [-0.2, -0.15) is 14.8 Å². The van der Waals surface area contributed by atoms with Crippen molar-refractivity contribution in [2.75, 3.05) is 0 Å². The topological polar surface area (TPSA) is 83.4 Å². The van der Waals surface area contributed by atoms with E-state index in [1.165, 1.54) is 18.5 Å². The molecule has 0 aliphatic carbocycles. The smallest absolute Gasteiger partial charge is 0.212 e. The fourth-order valence-corrected chi connectivity index (χ4v) is 6.56. The third-order valence-corrected chi connectivity index (χ3v) is 8.44. The molecule has 164 valence electrons. The Balaban J connectivity index is 2.12. The second kappa shape index (κ2) is 9.16. The van der Waals surface area contributed by atoms with Gasteiger partial charge in [-0.25, -0.2) is 9.50 Å². The number of rotatable bonds is 8. The zero-order chi connectivity index (χ0) is 22.8. The van der Waals surface area contributed by atoms with Gasteiger partial charge in [0.05, 0.1) is 37.7 Å². The number of aliphatic hydroxyl groups excluding tert-OH is 1. The molecule has 3 atom stereocenters. The van der Waals surface area contributed by atoms with E-state index in [4.69, 9.17) is 4.74 Å². The molecule has 0 aromatic carbocycles. The first-order chi connectivity index (χ1) is 14.7. The summed E-state index contributed by atoms with van der Waals surface area (Å²) in [7, 11) is -1.63. The average Bonchev–Trinajstić information content (AvgIpc) is 3.12. The highest BCUT2D eigenvalue weighted by Gasteiger charge is 2.37. The van der Waals surface area contributed by atoms with Crippen molar-refractivity contribution in [3.8, 4) is 22.9 Å². The number of aliphatic hydroxyl groups is 1. The van der Waals surface area contributed by atoms with Crippen LogP contribution in [0.5, 0.6) is 5.75 Å². The van der Waals surface area contributed by atoms with Gasteiger partial charge in [-0.3, -0.25) is 0 Å². The molecule has 1 N–H and O–H groups in total. The van der Waals surface area contributed by atoms with E-state index >= 15 is 0 Å². The van der Waals surface area contributed by atoms with Gasteiger partial charge < -0.3 is 9.84 Å². The molecular weight excluding hydrogens is 411 g/mol. The molecule has 0 radical (unpaired) electrons. The minimum absolute atomic E-state index is 0.261. The number of aromatic nitrogens is 3. The second-order valence-electron chi connectivity index (χ2n) is 9.01. The molecule has 0 fully saturated rings. The van der Waals surface area contributed by atoms with E-state index in [-0.39, 0.29) is 11.6 Å². The Hall–Kier alpha value is -2.76. The van der Waals surface area contributed by atoms with E-state index in [0.717, 1.165) is 12.8 Å². The van der Waals surface area contributed by atoms with E-state index in [9.17, 15) is 14.8 Å². The number of hydrogen-bond donors (Lipinski definition) is 1. The van der Waals surface area contributed by atoms with E-state index < -0.39 is 20.1 Å². The number of hydrogen-bond acceptors (Lipinski definition) is 5. The third kappa shape index (κ3) is 4.94. The molecule has 3 heterocycles. The van der Waals surface area contributed by atoms with Crippen LogP contribution in [0.25, 0.3) is 16.6 Å². The maximum atomic E-state index is 13.4. The summed E-state index contributed by atoms with van der Waals surface area (Å²) in [6.45, 7) is 10.8. The van der Waals surface area contributed by atoms with Crippen LogP contribution in [0.3, 0.4) is 0 Å². The van der Waals surface area contributed by atoms with Crippen molar-refractivity contribution in [2.24, 2.45) is 0 Å². The summed E-state index contributed by atoms with van der Waals surface area (Å²) in [5, 5.41) is 24.4. The Labute approximate surface area is 183 Å². The Morgan fingerprint density at radius 1 is 1.29 bits per heavy atom. The Morgan fingerprint density at radius 3 is 2.58 bits per heavy atom. The fourth-order valence-electron chi connectivity index (χ4n) is 4.07. The molecule has 3 aromatic heterocycles. The van der Waals surface area contributed by atoms with E-state index in [1.54, 1.807) is 23.7 Å². The average molecular weight is 441 g/mol. The van der Waals surface area contributed by atoms with Gasteiger partial charge in [-0.1, -0.05) is 33.0 Å². The molecule has 0 amide bonds. The number of pyridine rings is 2. The van der Waals surface area contributed by atoms with Crippen molar-refractivity contribution in [3.05, 3.63) is 48.3 Å². The largest absolute Gasteiger partial charge is 0.486 e. The van der Waals surface area contributed by atoms with Gasteiger partial charge in [0, 0.05) is 17.3 Å². The van der Waals surface area contributed by atoms with Crippen LogP contribution in [0.15, 0.2) is 36.8 Å². The van der Waals surface area contributed by atoms with Gasteiger partial charge in [0.25, 0.3) is 0 Å². The van der Waals surface area contributed by atoms with Crippen LogP contribution in [0, 0.1) is 17.3 Å². The monoisotopic (exact) mass is 440 g/mol. The minimum Gasteiger partial charge on any atom is -0.486 e. The quantitative estimate of drug-likeness (QED) is 0.392. The molecule has 0 bridgehead atoms. The van der Waals surface area contributed by atoms with E-state index in [1.807, 2.05) is 6.07 Å². The highest BCUT2D eigenvalue weighted by atomic mass is 28.3. The van der Waals surface area contributed by atoms with Crippen molar-refractivity contribution < 1.29 is 14.2 Å². The Bertz CT molecular complexity index is 1080. The summed E-state index contributed by atoms with van der Waals surface area (Å²) >= 11 is 0. The molecule has 0 aliphatic heterocycles. The SMILES string of the molecule is CCCC(C(Oc1cc(-c2ccc(F)nc2)c2c(C#N)cnn2c1)C(C)O)[Si](C)(C)C. The van der Waals surface area contributed by atoms with Gasteiger partial charge in [0.1, 0.15) is 17.9 Å². The maximum Gasteiger partial charge on any atom is 0.212 e. The van der Waals surface area contributed by atoms with Crippen LogP contribution < -0.4 is 4.74 Å². The number of nitriles is 1. The Morgan fingerprint density at radius 2 is 2.03 bits per heavy atom. The predicted molar refractivity (Wildman–Crippen MR) is 121 cm³/mol. The first kappa shape index (κ1) is 22.9. The summed E-state index contributed by atoms with van der Waals surface area (Å²) in [6, 6.07) is 6.86. The van der Waals surface area contributed by atoms with Gasteiger partial charge in [0.2, 0.25) is 5.95 Å². The van der Waals surface area contributed by atoms with Gasteiger partial charge in [-0.05, 0) is 37.1 Å². The van der Waals surface area contributed by atoms with Crippen molar-refractivity contribution in [3.63, 3.8) is 0 Å². The van der Waals surface area contributed by atoms with Gasteiger partial charge in [-0.15, -0.1) is 0 Å². The second-order valence-corrected chi connectivity index (χ2v) is 14.5. The molecule has 31 heavy (non-hydrogen) atoms. The summed E-state index contributed by atoms with van der Waals surface area (Å²) < 4.78 is 21.4. The molecule has 3 unspecified atom stereocenters.